The predicted molar refractivity (Wildman–Crippen MR) is 153 cm³/mol. The lowest BCUT2D eigenvalue weighted by atomic mass is 9.91. The van der Waals surface area contributed by atoms with Crippen LogP contribution < -0.4 is 16.0 Å². The molecule has 8 nitrogen and oxygen atoms in total. The van der Waals surface area contributed by atoms with Crippen molar-refractivity contribution in [2.75, 3.05) is 23.8 Å². The van der Waals surface area contributed by atoms with Gasteiger partial charge in [0.15, 0.2) is 0 Å². The lowest BCUT2D eigenvalue weighted by molar-refractivity contribution is -0.138. The van der Waals surface area contributed by atoms with Crippen LogP contribution in [0.4, 0.5) is 21.0 Å². The summed E-state index contributed by atoms with van der Waals surface area (Å²) in [4.78, 5) is 40.9. The molecule has 0 aromatic heterocycles. The van der Waals surface area contributed by atoms with E-state index in [4.69, 9.17) is 4.74 Å². The first-order chi connectivity index (χ1) is 18.8. The van der Waals surface area contributed by atoms with E-state index in [2.05, 4.69) is 16.0 Å². The van der Waals surface area contributed by atoms with Gasteiger partial charge in [-0.05, 0) is 61.6 Å². The van der Waals surface area contributed by atoms with Gasteiger partial charge < -0.3 is 20.7 Å². The van der Waals surface area contributed by atoms with E-state index in [1.54, 1.807) is 36.1 Å². The van der Waals surface area contributed by atoms with Gasteiger partial charge in [0.25, 0.3) is 0 Å². The largest absolute Gasteiger partial charge is 0.463 e. The first kappa shape index (κ1) is 27.4. The predicted octanol–water partition coefficient (Wildman–Crippen LogP) is 6.40. The number of esters is 1. The number of amides is 4. The average Bonchev–Trinajstić information content (AvgIpc) is 2.92. The topological polar surface area (TPSA) is 99.8 Å². The van der Waals surface area contributed by atoms with Crippen molar-refractivity contribution in [1.29, 1.82) is 0 Å². The fourth-order valence-electron chi connectivity index (χ4n) is 4.72. The van der Waals surface area contributed by atoms with Crippen molar-refractivity contribution < 1.29 is 19.1 Å². The standard InChI is InChI=1S/C31H34N4O4/c1-5-19-35-28(23-13-8-7-9-14-23)25(29(36)39-6-2)27(34-31(35)38)22-15-17-24(18-16-22)32-30(37)33-26-20(3)11-10-12-21(26)4/h7-18,27H,5-6,19H2,1-4H3,(H,34,38)(H2,32,33,37). The number of benzene rings is 3. The van der Waals surface area contributed by atoms with Crippen LogP contribution in [0.3, 0.4) is 0 Å². The Morgan fingerprint density at radius 1 is 0.897 bits per heavy atom. The van der Waals surface area contributed by atoms with Gasteiger partial charge in [0, 0.05) is 17.9 Å². The van der Waals surface area contributed by atoms with Gasteiger partial charge in [0.2, 0.25) is 0 Å². The number of anilines is 2. The third-order valence-corrected chi connectivity index (χ3v) is 6.54. The Morgan fingerprint density at radius 3 is 2.18 bits per heavy atom. The first-order valence-electron chi connectivity index (χ1n) is 13.1. The van der Waals surface area contributed by atoms with Crippen molar-refractivity contribution in [3.05, 3.63) is 101 Å². The van der Waals surface area contributed by atoms with Crippen molar-refractivity contribution in [2.45, 2.75) is 40.2 Å². The summed E-state index contributed by atoms with van der Waals surface area (Å²) >= 11 is 0. The Balaban J connectivity index is 1.66. The Bertz CT molecular complexity index is 1360. The normalized spacial score (nSPS) is 15.0. The van der Waals surface area contributed by atoms with Crippen LogP contribution >= 0.6 is 0 Å². The second-order valence-electron chi connectivity index (χ2n) is 9.35. The minimum atomic E-state index is -0.725. The van der Waals surface area contributed by atoms with Crippen LogP contribution in [0, 0.1) is 13.8 Å². The summed E-state index contributed by atoms with van der Waals surface area (Å²) in [6.45, 7) is 8.27. The molecule has 3 N–H and O–H groups in total. The maximum atomic E-state index is 13.3. The van der Waals surface area contributed by atoms with Crippen LogP contribution in [0.2, 0.25) is 0 Å². The molecule has 3 aromatic rings. The van der Waals surface area contributed by atoms with Gasteiger partial charge in [0.1, 0.15) is 0 Å². The third-order valence-electron chi connectivity index (χ3n) is 6.54. The van der Waals surface area contributed by atoms with Crippen LogP contribution in [-0.4, -0.2) is 36.1 Å². The van der Waals surface area contributed by atoms with E-state index in [9.17, 15) is 14.4 Å². The average molecular weight is 527 g/mol. The van der Waals surface area contributed by atoms with Gasteiger partial charge in [-0.3, -0.25) is 4.90 Å². The van der Waals surface area contributed by atoms with E-state index < -0.39 is 12.0 Å². The molecule has 1 atom stereocenters. The van der Waals surface area contributed by atoms with Crippen LogP contribution in [-0.2, 0) is 9.53 Å². The minimum absolute atomic E-state index is 0.206. The summed E-state index contributed by atoms with van der Waals surface area (Å²) in [5.74, 6) is -0.488. The number of urea groups is 2. The number of para-hydroxylation sites is 1. The molecule has 1 unspecified atom stereocenters. The lowest BCUT2D eigenvalue weighted by Gasteiger charge is -2.36. The Hall–Kier alpha value is -4.59. The van der Waals surface area contributed by atoms with Crippen LogP contribution in [0.25, 0.3) is 5.70 Å². The third kappa shape index (κ3) is 6.12. The molecule has 0 saturated heterocycles. The maximum Gasteiger partial charge on any atom is 0.338 e. The second-order valence-corrected chi connectivity index (χ2v) is 9.35. The molecule has 1 aliphatic heterocycles. The summed E-state index contributed by atoms with van der Waals surface area (Å²) in [7, 11) is 0. The molecule has 1 aliphatic rings. The monoisotopic (exact) mass is 526 g/mol. The number of rotatable bonds is 8. The minimum Gasteiger partial charge on any atom is -0.463 e. The van der Waals surface area contributed by atoms with Crippen LogP contribution in [0.5, 0.6) is 0 Å². The van der Waals surface area contributed by atoms with Crippen molar-refractivity contribution >= 4 is 35.1 Å². The molecule has 4 rings (SSSR count). The van der Waals surface area contributed by atoms with Gasteiger partial charge in [0.05, 0.1) is 23.9 Å². The van der Waals surface area contributed by atoms with E-state index in [1.807, 2.05) is 69.3 Å². The first-order valence-corrected chi connectivity index (χ1v) is 13.1. The van der Waals surface area contributed by atoms with Gasteiger partial charge in [-0.15, -0.1) is 0 Å². The van der Waals surface area contributed by atoms with E-state index in [1.165, 1.54) is 0 Å². The molecular weight excluding hydrogens is 492 g/mol. The zero-order valence-electron chi connectivity index (χ0n) is 22.7. The fourth-order valence-corrected chi connectivity index (χ4v) is 4.72. The van der Waals surface area contributed by atoms with E-state index >= 15 is 0 Å². The quantitative estimate of drug-likeness (QED) is 0.296. The summed E-state index contributed by atoms with van der Waals surface area (Å²) < 4.78 is 5.46. The lowest BCUT2D eigenvalue weighted by Crippen LogP contribution is -2.48. The molecule has 39 heavy (non-hydrogen) atoms. The molecule has 8 heteroatoms. The molecule has 0 bridgehead atoms. The molecule has 1 heterocycles. The van der Waals surface area contributed by atoms with Crippen molar-refractivity contribution in [2.24, 2.45) is 0 Å². The zero-order valence-corrected chi connectivity index (χ0v) is 22.7. The van der Waals surface area contributed by atoms with Gasteiger partial charge >= 0.3 is 18.0 Å². The number of carbonyl (C=O) groups is 3. The van der Waals surface area contributed by atoms with Gasteiger partial charge in [-0.1, -0.05) is 67.6 Å². The van der Waals surface area contributed by atoms with Crippen molar-refractivity contribution in [3.63, 3.8) is 0 Å². The highest BCUT2D eigenvalue weighted by Gasteiger charge is 2.38. The van der Waals surface area contributed by atoms with Crippen molar-refractivity contribution in [1.82, 2.24) is 10.2 Å². The van der Waals surface area contributed by atoms with Crippen LogP contribution in [0.15, 0.2) is 78.4 Å². The highest BCUT2D eigenvalue weighted by Crippen LogP contribution is 2.37. The zero-order chi connectivity index (χ0) is 27.9. The molecule has 202 valence electrons. The van der Waals surface area contributed by atoms with Gasteiger partial charge in [-0.25, -0.2) is 14.4 Å². The molecular formula is C31H34N4O4. The molecule has 0 radical (unpaired) electrons. The molecule has 3 aromatic carbocycles. The van der Waals surface area contributed by atoms with E-state index in [0.29, 0.717) is 29.1 Å². The molecule has 0 spiro atoms. The molecule has 4 amide bonds. The number of hydrogen-bond acceptors (Lipinski definition) is 4. The highest BCUT2D eigenvalue weighted by molar-refractivity contribution is 6.05. The number of hydrogen-bond donors (Lipinski definition) is 3. The van der Waals surface area contributed by atoms with Crippen LogP contribution in [0.1, 0.15) is 48.6 Å². The molecule has 0 saturated carbocycles. The molecule has 0 fully saturated rings. The summed E-state index contributed by atoms with van der Waals surface area (Å²) in [5, 5.41) is 8.74. The summed E-state index contributed by atoms with van der Waals surface area (Å²) in [6, 6.07) is 20.9. The number of nitrogens with one attached hydrogen (secondary N) is 3. The van der Waals surface area contributed by atoms with E-state index in [-0.39, 0.29) is 18.7 Å². The Kier molecular flexibility index (Phi) is 8.66. The highest BCUT2D eigenvalue weighted by atomic mass is 16.5. The number of carbonyl (C=O) groups excluding carboxylic acids is 3. The smallest absolute Gasteiger partial charge is 0.338 e. The second kappa shape index (κ2) is 12.3. The van der Waals surface area contributed by atoms with Crippen molar-refractivity contribution in [3.8, 4) is 0 Å². The summed E-state index contributed by atoms with van der Waals surface area (Å²) in [6.07, 6.45) is 0.717. The Morgan fingerprint density at radius 2 is 1.56 bits per heavy atom. The maximum absolute atomic E-state index is 13.3. The fraction of sp³-hybridized carbons (Fsp3) is 0.258. The number of nitrogens with zero attached hydrogens (tertiary/aromatic N) is 1. The van der Waals surface area contributed by atoms with Gasteiger partial charge in [-0.2, -0.15) is 0 Å². The molecule has 0 aliphatic carbocycles. The summed E-state index contributed by atoms with van der Waals surface area (Å²) in [5.41, 5.74) is 5.64. The number of aryl methyl sites for hydroxylation is 2. The number of ether oxygens (including phenoxy) is 1. The Labute approximate surface area is 229 Å². The van der Waals surface area contributed by atoms with E-state index in [0.717, 1.165) is 28.8 Å². The SMILES string of the molecule is CCCN1C(=O)NC(c2ccc(NC(=O)Nc3c(C)cccc3C)cc2)C(C(=O)OCC)=C1c1ccccc1.